The largest absolute Gasteiger partial charge is 0.326 e. The van der Waals surface area contributed by atoms with Gasteiger partial charge in [0.05, 0.1) is 6.04 Å². The van der Waals surface area contributed by atoms with Crippen LogP contribution in [0.5, 0.6) is 0 Å². The Morgan fingerprint density at radius 3 is 3.00 bits per heavy atom. The Hall–Kier alpha value is -0.930. The molecular weight excluding hydrogens is 222 g/mol. The second-order valence-electron chi connectivity index (χ2n) is 5.50. The van der Waals surface area contributed by atoms with Gasteiger partial charge >= 0.3 is 0 Å². The molecular formula is C15H25N3. The van der Waals surface area contributed by atoms with Crippen LogP contribution in [-0.4, -0.2) is 29.0 Å². The predicted octanol–water partition coefficient (Wildman–Crippen LogP) is 2.59. The van der Waals surface area contributed by atoms with Crippen molar-refractivity contribution in [3.05, 3.63) is 30.1 Å². The molecule has 100 valence electrons. The standard InChI is InChI=1S/C15H25N3/c1-3-13-6-5-9-18(11-13)15(12(2)16)14-7-4-8-17-10-14/h4,7-8,10,12-13,15H,3,5-6,9,11,16H2,1-2H3. The summed E-state index contributed by atoms with van der Waals surface area (Å²) in [6.45, 7) is 6.74. The van der Waals surface area contributed by atoms with Gasteiger partial charge in [-0.3, -0.25) is 9.88 Å². The lowest BCUT2D eigenvalue weighted by molar-refractivity contribution is 0.108. The minimum Gasteiger partial charge on any atom is -0.326 e. The Morgan fingerprint density at radius 2 is 2.39 bits per heavy atom. The van der Waals surface area contributed by atoms with Gasteiger partial charge in [-0.05, 0) is 43.9 Å². The molecule has 0 bridgehead atoms. The quantitative estimate of drug-likeness (QED) is 0.889. The minimum atomic E-state index is 0.143. The first kappa shape index (κ1) is 13.5. The molecule has 3 unspecified atom stereocenters. The van der Waals surface area contributed by atoms with Crippen molar-refractivity contribution in [1.29, 1.82) is 0 Å². The Bertz CT molecular complexity index is 350. The van der Waals surface area contributed by atoms with E-state index in [4.69, 9.17) is 5.73 Å². The first-order chi connectivity index (χ1) is 8.72. The van der Waals surface area contributed by atoms with Crippen LogP contribution in [0.4, 0.5) is 0 Å². The van der Waals surface area contributed by atoms with Crippen molar-refractivity contribution in [2.24, 2.45) is 11.7 Å². The number of likely N-dealkylation sites (tertiary alicyclic amines) is 1. The molecule has 3 heteroatoms. The van der Waals surface area contributed by atoms with Gasteiger partial charge in [0.25, 0.3) is 0 Å². The van der Waals surface area contributed by atoms with E-state index < -0.39 is 0 Å². The lowest BCUT2D eigenvalue weighted by atomic mass is 9.91. The van der Waals surface area contributed by atoms with Gasteiger partial charge in [-0.2, -0.15) is 0 Å². The molecule has 2 heterocycles. The van der Waals surface area contributed by atoms with E-state index in [1.54, 1.807) is 0 Å². The summed E-state index contributed by atoms with van der Waals surface area (Å²) < 4.78 is 0. The van der Waals surface area contributed by atoms with Crippen LogP contribution in [0.2, 0.25) is 0 Å². The average Bonchev–Trinajstić information content (AvgIpc) is 2.40. The van der Waals surface area contributed by atoms with Crippen molar-refractivity contribution in [3.8, 4) is 0 Å². The van der Waals surface area contributed by atoms with Gasteiger partial charge in [0, 0.05) is 25.0 Å². The highest BCUT2D eigenvalue weighted by atomic mass is 15.2. The van der Waals surface area contributed by atoms with Crippen molar-refractivity contribution in [1.82, 2.24) is 9.88 Å². The van der Waals surface area contributed by atoms with E-state index in [0.29, 0.717) is 6.04 Å². The van der Waals surface area contributed by atoms with Crippen molar-refractivity contribution in [2.45, 2.75) is 45.2 Å². The Morgan fingerprint density at radius 1 is 1.56 bits per heavy atom. The maximum atomic E-state index is 6.22. The third-order valence-corrected chi connectivity index (χ3v) is 4.05. The first-order valence-electron chi connectivity index (χ1n) is 7.12. The molecule has 1 aliphatic heterocycles. The molecule has 0 aliphatic carbocycles. The van der Waals surface area contributed by atoms with Gasteiger partial charge in [0.1, 0.15) is 0 Å². The maximum absolute atomic E-state index is 6.22. The van der Waals surface area contributed by atoms with Crippen molar-refractivity contribution < 1.29 is 0 Å². The van der Waals surface area contributed by atoms with E-state index in [0.717, 1.165) is 12.5 Å². The third kappa shape index (κ3) is 3.09. The average molecular weight is 247 g/mol. The Labute approximate surface area is 110 Å². The summed E-state index contributed by atoms with van der Waals surface area (Å²) in [6, 6.07) is 4.61. The van der Waals surface area contributed by atoms with E-state index in [-0.39, 0.29) is 6.04 Å². The zero-order valence-electron chi connectivity index (χ0n) is 11.5. The lowest BCUT2D eigenvalue weighted by Gasteiger charge is -2.40. The first-order valence-corrected chi connectivity index (χ1v) is 7.12. The van der Waals surface area contributed by atoms with Crippen LogP contribution in [0.3, 0.4) is 0 Å². The second-order valence-corrected chi connectivity index (χ2v) is 5.50. The van der Waals surface area contributed by atoms with Crippen LogP contribution in [0, 0.1) is 5.92 Å². The van der Waals surface area contributed by atoms with Crippen LogP contribution in [0.25, 0.3) is 0 Å². The summed E-state index contributed by atoms with van der Waals surface area (Å²) in [7, 11) is 0. The van der Waals surface area contributed by atoms with E-state index in [9.17, 15) is 0 Å². The molecule has 18 heavy (non-hydrogen) atoms. The molecule has 0 aromatic carbocycles. The molecule has 1 aromatic rings. The molecule has 1 aromatic heterocycles. The van der Waals surface area contributed by atoms with Crippen molar-refractivity contribution >= 4 is 0 Å². The molecule has 3 atom stereocenters. The zero-order chi connectivity index (χ0) is 13.0. The number of piperidine rings is 1. The van der Waals surface area contributed by atoms with Crippen LogP contribution < -0.4 is 5.73 Å². The minimum absolute atomic E-state index is 0.143. The van der Waals surface area contributed by atoms with E-state index in [1.807, 2.05) is 18.5 Å². The van der Waals surface area contributed by atoms with Gasteiger partial charge in [-0.25, -0.2) is 0 Å². The van der Waals surface area contributed by atoms with Crippen LogP contribution >= 0.6 is 0 Å². The predicted molar refractivity (Wildman–Crippen MR) is 75.2 cm³/mol. The lowest BCUT2D eigenvalue weighted by Crippen LogP contribution is -2.44. The monoisotopic (exact) mass is 247 g/mol. The SMILES string of the molecule is CCC1CCCN(C(c2cccnc2)C(C)N)C1. The molecule has 0 saturated carbocycles. The van der Waals surface area contributed by atoms with Crippen LogP contribution in [0.1, 0.15) is 44.7 Å². The smallest absolute Gasteiger partial charge is 0.0511 e. The van der Waals surface area contributed by atoms with Crippen molar-refractivity contribution in [2.75, 3.05) is 13.1 Å². The fourth-order valence-electron chi connectivity index (χ4n) is 3.08. The molecule has 1 aliphatic rings. The second kappa shape index (κ2) is 6.30. The van der Waals surface area contributed by atoms with Gasteiger partial charge in [-0.1, -0.05) is 19.4 Å². The van der Waals surface area contributed by atoms with Gasteiger partial charge in [0.15, 0.2) is 0 Å². The van der Waals surface area contributed by atoms with E-state index in [2.05, 4.69) is 29.8 Å². The Kier molecular flexibility index (Phi) is 4.72. The fourth-order valence-corrected chi connectivity index (χ4v) is 3.08. The molecule has 1 saturated heterocycles. The number of aromatic nitrogens is 1. The third-order valence-electron chi connectivity index (χ3n) is 4.05. The van der Waals surface area contributed by atoms with Crippen LogP contribution in [-0.2, 0) is 0 Å². The zero-order valence-corrected chi connectivity index (χ0v) is 11.5. The summed E-state index contributed by atoms with van der Waals surface area (Å²) in [5.41, 5.74) is 7.47. The Balaban J connectivity index is 2.15. The van der Waals surface area contributed by atoms with Crippen molar-refractivity contribution in [3.63, 3.8) is 0 Å². The number of rotatable bonds is 4. The van der Waals surface area contributed by atoms with Gasteiger partial charge in [0.2, 0.25) is 0 Å². The highest BCUT2D eigenvalue weighted by molar-refractivity contribution is 5.16. The molecule has 2 N–H and O–H groups in total. The normalized spacial score (nSPS) is 24.7. The number of hydrogen-bond donors (Lipinski definition) is 1. The highest BCUT2D eigenvalue weighted by Crippen LogP contribution is 2.29. The van der Waals surface area contributed by atoms with Gasteiger partial charge < -0.3 is 5.73 Å². The summed E-state index contributed by atoms with van der Waals surface area (Å²) in [6.07, 6.45) is 7.72. The molecule has 0 radical (unpaired) electrons. The number of nitrogens with two attached hydrogens (primary N) is 1. The summed E-state index contributed by atoms with van der Waals surface area (Å²) in [5.74, 6) is 0.830. The maximum Gasteiger partial charge on any atom is 0.0511 e. The van der Waals surface area contributed by atoms with Crippen LogP contribution in [0.15, 0.2) is 24.5 Å². The summed E-state index contributed by atoms with van der Waals surface area (Å²) in [4.78, 5) is 6.79. The summed E-state index contributed by atoms with van der Waals surface area (Å²) >= 11 is 0. The molecule has 2 rings (SSSR count). The number of hydrogen-bond acceptors (Lipinski definition) is 3. The van der Waals surface area contributed by atoms with E-state index >= 15 is 0 Å². The highest BCUT2D eigenvalue weighted by Gasteiger charge is 2.28. The van der Waals surface area contributed by atoms with Gasteiger partial charge in [-0.15, -0.1) is 0 Å². The summed E-state index contributed by atoms with van der Waals surface area (Å²) in [5, 5.41) is 0. The molecule has 0 amide bonds. The molecule has 0 spiro atoms. The molecule has 3 nitrogen and oxygen atoms in total. The topological polar surface area (TPSA) is 42.2 Å². The fraction of sp³-hybridized carbons (Fsp3) is 0.667. The number of nitrogens with zero attached hydrogens (tertiary/aromatic N) is 2. The van der Waals surface area contributed by atoms with E-state index in [1.165, 1.54) is 31.4 Å². The molecule has 1 fully saturated rings. The number of pyridine rings is 1.